The molecule has 5 heteroatoms. The Balaban J connectivity index is 1.91. The van der Waals surface area contributed by atoms with E-state index in [1.807, 2.05) is 4.90 Å². The van der Waals surface area contributed by atoms with E-state index in [9.17, 15) is 9.59 Å². The molecule has 5 nitrogen and oxygen atoms in total. The van der Waals surface area contributed by atoms with Gasteiger partial charge in [-0.05, 0) is 38.4 Å². The fourth-order valence-corrected chi connectivity index (χ4v) is 2.58. The summed E-state index contributed by atoms with van der Waals surface area (Å²) < 4.78 is 4.53. The number of rotatable bonds is 2. The van der Waals surface area contributed by atoms with Gasteiger partial charge in [-0.25, -0.2) is 0 Å². The highest BCUT2D eigenvalue weighted by Crippen LogP contribution is 2.31. The Kier molecular flexibility index (Phi) is 3.49. The highest BCUT2D eigenvalue weighted by molar-refractivity contribution is 5.90. The summed E-state index contributed by atoms with van der Waals surface area (Å²) in [6.07, 6.45) is 2.23. The van der Waals surface area contributed by atoms with Crippen LogP contribution in [0.25, 0.3) is 0 Å². The number of piperidine rings is 1. The van der Waals surface area contributed by atoms with Gasteiger partial charge in [-0.15, -0.1) is 0 Å². The van der Waals surface area contributed by atoms with E-state index >= 15 is 0 Å². The Morgan fingerprint density at radius 1 is 1.18 bits per heavy atom. The van der Waals surface area contributed by atoms with Gasteiger partial charge in [-0.3, -0.25) is 14.5 Å². The maximum absolute atomic E-state index is 11.2. The van der Waals surface area contributed by atoms with Gasteiger partial charge < -0.3 is 9.64 Å². The third-order valence-electron chi connectivity index (χ3n) is 3.73. The zero-order valence-corrected chi connectivity index (χ0v) is 10.6. The molecule has 2 aliphatic heterocycles. The predicted molar refractivity (Wildman–Crippen MR) is 62.4 cm³/mol. The van der Waals surface area contributed by atoms with E-state index in [1.54, 1.807) is 0 Å². The molecule has 0 aliphatic carbocycles. The number of carbonyl (C=O) groups excluding carboxylic acids is 2. The number of morpholine rings is 1. The Bertz CT molecular complexity index is 306. The monoisotopic (exact) mass is 240 g/mol. The number of hydrogen-bond acceptors (Lipinski definition) is 5. The Labute approximate surface area is 102 Å². The third kappa shape index (κ3) is 3.26. The van der Waals surface area contributed by atoms with Crippen LogP contribution >= 0.6 is 0 Å². The largest absolute Gasteiger partial charge is 0.391 e. The summed E-state index contributed by atoms with van der Waals surface area (Å²) in [4.78, 5) is 26.6. The molecule has 0 aromatic rings. The molecule has 0 radical (unpaired) electrons. The van der Waals surface area contributed by atoms with Gasteiger partial charge in [-0.2, -0.15) is 0 Å². The van der Waals surface area contributed by atoms with Crippen molar-refractivity contribution in [3.63, 3.8) is 0 Å². The van der Waals surface area contributed by atoms with Crippen molar-refractivity contribution in [3.8, 4) is 0 Å². The van der Waals surface area contributed by atoms with Crippen LogP contribution in [-0.4, -0.2) is 61.5 Å². The molecular weight excluding hydrogens is 220 g/mol. The van der Waals surface area contributed by atoms with Crippen molar-refractivity contribution in [1.29, 1.82) is 0 Å². The van der Waals surface area contributed by atoms with Crippen LogP contribution in [-0.2, 0) is 14.3 Å². The lowest BCUT2D eigenvalue weighted by Crippen LogP contribution is -2.49. The van der Waals surface area contributed by atoms with E-state index in [-0.39, 0.29) is 18.5 Å². The average Bonchev–Trinajstić information content (AvgIpc) is 2.21. The topological polar surface area (TPSA) is 49.9 Å². The van der Waals surface area contributed by atoms with Crippen molar-refractivity contribution in [2.75, 3.05) is 39.8 Å². The summed E-state index contributed by atoms with van der Waals surface area (Å²) in [5.74, 6) is -0.837. The highest BCUT2D eigenvalue weighted by atomic mass is 16.6. The number of nitrogens with zero attached hydrogens (tertiary/aromatic N) is 2. The third-order valence-corrected chi connectivity index (χ3v) is 3.73. The highest BCUT2D eigenvalue weighted by Gasteiger charge is 2.34. The first kappa shape index (κ1) is 12.5. The van der Waals surface area contributed by atoms with E-state index < -0.39 is 11.9 Å². The van der Waals surface area contributed by atoms with Gasteiger partial charge in [0.25, 0.3) is 0 Å². The Hall–Kier alpha value is -0.940. The molecule has 0 amide bonds. The zero-order chi connectivity index (χ0) is 12.5. The van der Waals surface area contributed by atoms with Crippen LogP contribution < -0.4 is 0 Å². The SMILES string of the molecule is CN1CCC(C)(CN2CC(=O)OC(=O)C2)CC1. The second kappa shape index (κ2) is 4.74. The van der Waals surface area contributed by atoms with Crippen LogP contribution in [0, 0.1) is 5.41 Å². The number of ether oxygens (including phenoxy) is 1. The van der Waals surface area contributed by atoms with Gasteiger partial charge in [0.1, 0.15) is 0 Å². The van der Waals surface area contributed by atoms with Crippen molar-refractivity contribution in [3.05, 3.63) is 0 Å². The van der Waals surface area contributed by atoms with Gasteiger partial charge in [-0.1, -0.05) is 6.92 Å². The smallest absolute Gasteiger partial charge is 0.327 e. The summed E-state index contributed by atoms with van der Waals surface area (Å²) in [5.41, 5.74) is 0.213. The van der Waals surface area contributed by atoms with Crippen molar-refractivity contribution < 1.29 is 14.3 Å². The summed E-state index contributed by atoms with van der Waals surface area (Å²) in [6.45, 7) is 5.71. The average molecular weight is 240 g/mol. The van der Waals surface area contributed by atoms with E-state index in [2.05, 4.69) is 23.6 Å². The normalized spacial score (nSPS) is 26.9. The second-order valence-electron chi connectivity index (χ2n) is 5.61. The quantitative estimate of drug-likeness (QED) is 0.506. The van der Waals surface area contributed by atoms with E-state index in [0.717, 1.165) is 32.5 Å². The molecule has 2 heterocycles. The summed E-state index contributed by atoms with van der Waals surface area (Å²) >= 11 is 0. The van der Waals surface area contributed by atoms with E-state index in [1.165, 1.54) is 0 Å². The van der Waals surface area contributed by atoms with Crippen molar-refractivity contribution >= 4 is 11.9 Å². The molecule has 2 fully saturated rings. The molecule has 0 spiro atoms. The fourth-order valence-electron chi connectivity index (χ4n) is 2.58. The van der Waals surface area contributed by atoms with Crippen LogP contribution in [0.5, 0.6) is 0 Å². The minimum Gasteiger partial charge on any atom is -0.391 e. The molecule has 2 rings (SSSR count). The van der Waals surface area contributed by atoms with E-state index in [0.29, 0.717) is 0 Å². The number of cyclic esters (lactones) is 2. The minimum atomic E-state index is -0.419. The fraction of sp³-hybridized carbons (Fsp3) is 0.833. The molecule has 17 heavy (non-hydrogen) atoms. The first-order chi connectivity index (χ1) is 7.97. The molecule has 0 aromatic carbocycles. The Morgan fingerprint density at radius 3 is 2.24 bits per heavy atom. The molecule has 0 N–H and O–H groups in total. The molecule has 0 atom stereocenters. The summed E-state index contributed by atoms with van der Waals surface area (Å²) in [6, 6.07) is 0. The molecule has 2 aliphatic rings. The summed E-state index contributed by atoms with van der Waals surface area (Å²) in [7, 11) is 2.13. The maximum atomic E-state index is 11.2. The molecule has 0 saturated carbocycles. The van der Waals surface area contributed by atoms with E-state index in [4.69, 9.17) is 0 Å². The zero-order valence-electron chi connectivity index (χ0n) is 10.6. The molecule has 0 unspecified atom stereocenters. The molecule has 96 valence electrons. The number of esters is 2. The standard InChI is InChI=1S/C12H20N2O3/c1-12(3-5-13(2)6-4-12)9-14-7-10(15)17-11(16)8-14/h3-9H2,1-2H3. The van der Waals surface area contributed by atoms with Gasteiger partial charge in [0.15, 0.2) is 0 Å². The lowest BCUT2D eigenvalue weighted by Gasteiger charge is -2.41. The minimum absolute atomic E-state index is 0.213. The van der Waals surface area contributed by atoms with Gasteiger partial charge >= 0.3 is 11.9 Å². The van der Waals surface area contributed by atoms with Crippen molar-refractivity contribution in [2.24, 2.45) is 5.41 Å². The first-order valence-electron chi connectivity index (χ1n) is 6.11. The van der Waals surface area contributed by atoms with Crippen LogP contribution in [0.1, 0.15) is 19.8 Å². The number of carbonyl (C=O) groups is 2. The molecule has 0 bridgehead atoms. The Morgan fingerprint density at radius 2 is 1.71 bits per heavy atom. The van der Waals surface area contributed by atoms with Crippen LogP contribution in [0.2, 0.25) is 0 Å². The lowest BCUT2D eigenvalue weighted by atomic mass is 9.80. The van der Waals surface area contributed by atoms with Gasteiger partial charge in [0.2, 0.25) is 0 Å². The van der Waals surface area contributed by atoms with Crippen molar-refractivity contribution in [2.45, 2.75) is 19.8 Å². The maximum Gasteiger partial charge on any atom is 0.327 e. The number of hydrogen-bond donors (Lipinski definition) is 0. The van der Waals surface area contributed by atoms with Gasteiger partial charge in [0, 0.05) is 6.54 Å². The van der Waals surface area contributed by atoms with Crippen LogP contribution in [0.3, 0.4) is 0 Å². The molecule has 0 aromatic heterocycles. The predicted octanol–water partition coefficient (Wildman–Crippen LogP) is 0.104. The van der Waals surface area contributed by atoms with Crippen LogP contribution in [0.4, 0.5) is 0 Å². The second-order valence-corrected chi connectivity index (χ2v) is 5.61. The van der Waals surface area contributed by atoms with Gasteiger partial charge in [0.05, 0.1) is 13.1 Å². The summed E-state index contributed by atoms with van der Waals surface area (Å²) in [5, 5.41) is 0. The van der Waals surface area contributed by atoms with Crippen LogP contribution in [0.15, 0.2) is 0 Å². The number of likely N-dealkylation sites (tertiary alicyclic amines) is 1. The molecule has 2 saturated heterocycles. The van der Waals surface area contributed by atoms with Crippen molar-refractivity contribution in [1.82, 2.24) is 9.80 Å². The molecular formula is C12H20N2O3. The first-order valence-corrected chi connectivity index (χ1v) is 6.11. The lowest BCUT2D eigenvalue weighted by molar-refractivity contribution is -0.167.